The van der Waals surface area contributed by atoms with E-state index in [-0.39, 0.29) is 5.91 Å². The van der Waals surface area contributed by atoms with Crippen molar-refractivity contribution in [3.05, 3.63) is 72.4 Å². The number of carbonyl (C=O) groups excluding carboxylic acids is 1. The fourth-order valence-corrected chi connectivity index (χ4v) is 4.10. The molecular formula is C24H24N6O. The smallest absolute Gasteiger partial charge is 0.276 e. The number of amides is 1. The van der Waals surface area contributed by atoms with Gasteiger partial charge in [0.1, 0.15) is 0 Å². The Morgan fingerprint density at radius 3 is 2.74 bits per heavy atom. The van der Waals surface area contributed by atoms with Gasteiger partial charge in [0.2, 0.25) is 0 Å². The van der Waals surface area contributed by atoms with E-state index < -0.39 is 0 Å². The van der Waals surface area contributed by atoms with Gasteiger partial charge in [-0.25, -0.2) is 0 Å². The number of anilines is 1. The summed E-state index contributed by atoms with van der Waals surface area (Å²) in [5.74, 6) is -0.270. The molecule has 31 heavy (non-hydrogen) atoms. The topological polar surface area (TPSA) is 86.8 Å². The lowest BCUT2D eigenvalue weighted by atomic mass is 10.0. The number of nitrogens with one attached hydrogen (secondary N) is 2. The molecule has 0 radical (unpaired) electrons. The number of carbonyl (C=O) groups is 1. The number of fused-ring (bicyclic) bond motifs is 1. The van der Waals surface area contributed by atoms with Crippen LogP contribution in [0.4, 0.5) is 5.69 Å². The average molecular weight is 412 g/mol. The summed E-state index contributed by atoms with van der Waals surface area (Å²) in [5.41, 5.74) is 5.07. The third kappa shape index (κ3) is 4.32. The van der Waals surface area contributed by atoms with Gasteiger partial charge in [-0.05, 0) is 67.4 Å². The number of piperidine rings is 1. The number of nitrogens with zero attached hydrogens (tertiary/aromatic N) is 4. The molecule has 4 aromatic rings. The number of likely N-dealkylation sites (tertiary alicyclic amines) is 1. The number of benzene rings is 1. The number of rotatable bonds is 5. The van der Waals surface area contributed by atoms with Crippen molar-refractivity contribution in [3.63, 3.8) is 0 Å². The molecule has 3 aromatic heterocycles. The molecule has 1 aliphatic rings. The maximum atomic E-state index is 12.8. The highest BCUT2D eigenvalue weighted by atomic mass is 16.1. The molecule has 5 rings (SSSR count). The molecular weight excluding hydrogens is 388 g/mol. The zero-order valence-corrected chi connectivity index (χ0v) is 17.2. The van der Waals surface area contributed by atoms with Crippen molar-refractivity contribution in [2.75, 3.05) is 18.4 Å². The van der Waals surface area contributed by atoms with Crippen LogP contribution in [0.3, 0.4) is 0 Å². The van der Waals surface area contributed by atoms with Crippen molar-refractivity contribution in [2.24, 2.45) is 0 Å². The molecule has 7 nitrogen and oxygen atoms in total. The van der Waals surface area contributed by atoms with Crippen LogP contribution in [0.5, 0.6) is 0 Å². The van der Waals surface area contributed by atoms with Gasteiger partial charge in [0, 0.05) is 36.1 Å². The number of aromatic amines is 1. The van der Waals surface area contributed by atoms with Crippen LogP contribution in [-0.4, -0.2) is 44.1 Å². The molecule has 156 valence electrons. The van der Waals surface area contributed by atoms with Gasteiger partial charge in [0.05, 0.1) is 17.4 Å². The Morgan fingerprint density at radius 2 is 1.90 bits per heavy atom. The minimum Gasteiger partial charge on any atom is -0.319 e. The minimum absolute atomic E-state index is 0.270. The van der Waals surface area contributed by atoms with Crippen LogP contribution >= 0.6 is 0 Å². The second-order valence-corrected chi connectivity index (χ2v) is 7.95. The van der Waals surface area contributed by atoms with Crippen LogP contribution in [0.1, 0.15) is 35.3 Å². The monoisotopic (exact) mass is 412 g/mol. The molecule has 0 atom stereocenters. The van der Waals surface area contributed by atoms with Crippen LogP contribution in [0.25, 0.3) is 22.0 Å². The van der Waals surface area contributed by atoms with Crippen LogP contribution < -0.4 is 5.32 Å². The summed E-state index contributed by atoms with van der Waals surface area (Å²) in [7, 11) is 0. The second-order valence-electron chi connectivity index (χ2n) is 7.95. The van der Waals surface area contributed by atoms with Gasteiger partial charge in [-0.3, -0.25) is 24.8 Å². The Labute approximate surface area is 180 Å². The molecule has 1 fully saturated rings. The third-order valence-corrected chi connectivity index (χ3v) is 5.68. The van der Waals surface area contributed by atoms with E-state index in [1.807, 2.05) is 30.6 Å². The Morgan fingerprint density at radius 1 is 1.00 bits per heavy atom. The number of aromatic nitrogens is 4. The van der Waals surface area contributed by atoms with E-state index >= 15 is 0 Å². The average Bonchev–Trinajstić information content (AvgIpc) is 3.24. The third-order valence-electron chi connectivity index (χ3n) is 5.68. The van der Waals surface area contributed by atoms with Crippen molar-refractivity contribution in [3.8, 4) is 11.1 Å². The fourth-order valence-electron chi connectivity index (χ4n) is 4.10. The van der Waals surface area contributed by atoms with E-state index in [1.54, 1.807) is 24.5 Å². The molecule has 1 aliphatic heterocycles. The minimum atomic E-state index is -0.270. The van der Waals surface area contributed by atoms with E-state index in [2.05, 4.69) is 36.4 Å². The Kier molecular flexibility index (Phi) is 5.41. The molecule has 0 saturated carbocycles. The lowest BCUT2D eigenvalue weighted by molar-refractivity contribution is 0.102. The largest absolute Gasteiger partial charge is 0.319 e. The van der Waals surface area contributed by atoms with Gasteiger partial charge in [-0.15, -0.1) is 0 Å². The predicted octanol–water partition coefficient (Wildman–Crippen LogP) is 4.26. The summed E-state index contributed by atoms with van der Waals surface area (Å²) in [6.45, 7) is 3.23. The highest BCUT2D eigenvalue weighted by molar-refractivity contribution is 6.11. The Hall–Kier alpha value is -3.58. The second kappa shape index (κ2) is 8.65. The summed E-state index contributed by atoms with van der Waals surface area (Å²) in [6, 6.07) is 11.8. The number of H-pyrrole nitrogens is 1. The van der Waals surface area contributed by atoms with E-state index in [0.29, 0.717) is 11.4 Å². The van der Waals surface area contributed by atoms with E-state index in [4.69, 9.17) is 0 Å². The molecule has 1 amide bonds. The molecule has 1 aromatic carbocycles. The summed E-state index contributed by atoms with van der Waals surface area (Å²) in [4.78, 5) is 23.8. The van der Waals surface area contributed by atoms with Crippen molar-refractivity contribution in [1.82, 2.24) is 25.1 Å². The highest BCUT2D eigenvalue weighted by Gasteiger charge is 2.16. The van der Waals surface area contributed by atoms with Gasteiger partial charge in [0.15, 0.2) is 5.69 Å². The number of pyridine rings is 2. The fraction of sp³-hybridized carbons (Fsp3) is 0.250. The Balaban J connectivity index is 1.41. The summed E-state index contributed by atoms with van der Waals surface area (Å²) in [5, 5.41) is 10.8. The first-order valence-electron chi connectivity index (χ1n) is 10.6. The van der Waals surface area contributed by atoms with Crippen LogP contribution in [-0.2, 0) is 6.54 Å². The van der Waals surface area contributed by atoms with Crippen LogP contribution in [0, 0.1) is 0 Å². The molecule has 0 bridgehead atoms. The first kappa shape index (κ1) is 19.4. The van der Waals surface area contributed by atoms with E-state index in [0.717, 1.165) is 41.7 Å². The van der Waals surface area contributed by atoms with Gasteiger partial charge >= 0.3 is 0 Å². The van der Waals surface area contributed by atoms with Crippen molar-refractivity contribution in [2.45, 2.75) is 25.8 Å². The molecule has 7 heteroatoms. The molecule has 0 aliphatic carbocycles. The van der Waals surface area contributed by atoms with Gasteiger partial charge in [-0.2, -0.15) is 5.10 Å². The van der Waals surface area contributed by atoms with E-state index in [9.17, 15) is 4.79 Å². The van der Waals surface area contributed by atoms with Crippen LogP contribution in [0.2, 0.25) is 0 Å². The van der Waals surface area contributed by atoms with Crippen molar-refractivity contribution in [1.29, 1.82) is 0 Å². The summed E-state index contributed by atoms with van der Waals surface area (Å²) >= 11 is 0. The maximum absolute atomic E-state index is 12.8. The Bertz CT molecular complexity index is 1200. The number of hydrogen-bond donors (Lipinski definition) is 2. The standard InChI is InChI=1S/C24H24N6O/c31-24(27-20-5-4-8-25-15-20)23-21-12-18(6-7-22(21)28-29-23)19-11-17(13-26-14-19)16-30-9-2-1-3-10-30/h4-8,11-15H,1-3,9-10,16H2,(H,27,31)(H,28,29). The SMILES string of the molecule is O=C(Nc1cccnc1)c1n[nH]c2ccc(-c3cncc(CN4CCCCC4)c3)cc12. The zero-order valence-electron chi connectivity index (χ0n) is 17.2. The van der Waals surface area contributed by atoms with Crippen LogP contribution in [0.15, 0.2) is 61.2 Å². The summed E-state index contributed by atoms with van der Waals surface area (Å²) < 4.78 is 0. The lowest BCUT2D eigenvalue weighted by Crippen LogP contribution is -2.29. The molecule has 1 saturated heterocycles. The van der Waals surface area contributed by atoms with Gasteiger partial charge in [0.25, 0.3) is 5.91 Å². The van der Waals surface area contributed by atoms with Crippen molar-refractivity contribution >= 4 is 22.5 Å². The normalized spacial score (nSPS) is 14.6. The first-order valence-corrected chi connectivity index (χ1v) is 10.6. The van der Waals surface area contributed by atoms with Gasteiger partial charge in [-0.1, -0.05) is 12.5 Å². The lowest BCUT2D eigenvalue weighted by Gasteiger charge is -2.26. The first-order chi connectivity index (χ1) is 15.3. The molecule has 0 unspecified atom stereocenters. The van der Waals surface area contributed by atoms with Gasteiger partial charge < -0.3 is 5.32 Å². The molecule has 4 heterocycles. The molecule has 2 N–H and O–H groups in total. The van der Waals surface area contributed by atoms with E-state index in [1.165, 1.54) is 24.8 Å². The highest BCUT2D eigenvalue weighted by Crippen LogP contribution is 2.26. The maximum Gasteiger partial charge on any atom is 0.276 e. The van der Waals surface area contributed by atoms with Crippen molar-refractivity contribution < 1.29 is 4.79 Å². The summed E-state index contributed by atoms with van der Waals surface area (Å²) in [6.07, 6.45) is 11.0. The zero-order chi connectivity index (χ0) is 21.0. The molecule has 0 spiro atoms. The quantitative estimate of drug-likeness (QED) is 0.511. The number of hydrogen-bond acceptors (Lipinski definition) is 5. The predicted molar refractivity (Wildman–Crippen MR) is 121 cm³/mol.